The van der Waals surface area contributed by atoms with Crippen LogP contribution in [0.5, 0.6) is 5.75 Å². The van der Waals surface area contributed by atoms with Crippen LogP contribution in [-0.4, -0.2) is 20.5 Å². The number of nitrogens with one attached hydrogen (secondary N) is 1. The minimum absolute atomic E-state index is 0.206. The second kappa shape index (κ2) is 7.67. The molecule has 0 aliphatic rings. The summed E-state index contributed by atoms with van der Waals surface area (Å²) >= 11 is 7.95. The van der Waals surface area contributed by atoms with E-state index in [0.29, 0.717) is 10.7 Å². The summed E-state index contributed by atoms with van der Waals surface area (Å²) < 4.78 is 34.1. The Balaban J connectivity index is 1.64. The summed E-state index contributed by atoms with van der Waals surface area (Å²) in [5, 5.41) is 1.17. The highest BCUT2D eigenvalue weighted by Gasteiger charge is 2.16. The van der Waals surface area contributed by atoms with Crippen molar-refractivity contribution >= 4 is 48.9 Å². The minimum atomic E-state index is -3.69. The van der Waals surface area contributed by atoms with Crippen molar-refractivity contribution in [3.05, 3.63) is 71.2 Å². The molecule has 0 spiro atoms. The Morgan fingerprint density at radius 3 is 2.62 bits per heavy atom. The van der Waals surface area contributed by atoms with Gasteiger partial charge >= 0.3 is 0 Å². The zero-order chi connectivity index (χ0) is 20.6. The van der Waals surface area contributed by atoms with E-state index in [2.05, 4.69) is 9.71 Å². The zero-order valence-corrected chi connectivity index (χ0v) is 18.0. The fourth-order valence-electron chi connectivity index (χ4n) is 2.90. The number of anilines is 1. The van der Waals surface area contributed by atoms with Crippen molar-refractivity contribution in [3.63, 3.8) is 0 Å². The zero-order valence-electron chi connectivity index (χ0n) is 15.6. The van der Waals surface area contributed by atoms with Crippen LogP contribution in [0, 0.1) is 6.92 Å². The molecule has 4 rings (SSSR count). The summed E-state index contributed by atoms with van der Waals surface area (Å²) in [5.41, 5.74) is 2.85. The van der Waals surface area contributed by atoms with Crippen LogP contribution < -0.4 is 9.46 Å². The van der Waals surface area contributed by atoms with E-state index in [1.807, 2.05) is 31.2 Å². The number of hydrogen-bond acceptors (Lipinski definition) is 5. The van der Waals surface area contributed by atoms with Gasteiger partial charge in [-0.2, -0.15) is 0 Å². The van der Waals surface area contributed by atoms with Crippen LogP contribution in [0.3, 0.4) is 0 Å². The largest absolute Gasteiger partial charge is 0.497 e. The molecule has 0 radical (unpaired) electrons. The summed E-state index contributed by atoms with van der Waals surface area (Å²) in [6, 6.07) is 17.5. The number of methoxy groups -OCH3 is 1. The molecular weight excluding hydrogens is 428 g/mol. The summed E-state index contributed by atoms with van der Waals surface area (Å²) in [6.07, 6.45) is 0. The number of aromatic nitrogens is 1. The molecule has 1 aromatic heterocycles. The standard InChI is InChI=1S/C21H17ClN2O3S2/c1-13-4-3-5-16(10-13)29(25,26)24-14-6-8-17(18(22)11-14)21-23-19-9-7-15(27-2)12-20(19)28-21/h3-12,24H,1-2H3. The van der Waals surface area contributed by atoms with Crippen molar-refractivity contribution in [2.75, 3.05) is 11.8 Å². The fraction of sp³-hybridized carbons (Fsp3) is 0.0952. The third kappa shape index (κ3) is 4.07. The predicted octanol–water partition coefficient (Wildman–Crippen LogP) is 5.73. The van der Waals surface area contributed by atoms with E-state index in [1.165, 1.54) is 11.3 Å². The number of fused-ring (bicyclic) bond motifs is 1. The molecular formula is C21H17ClN2O3S2. The van der Waals surface area contributed by atoms with Crippen LogP contribution >= 0.6 is 22.9 Å². The van der Waals surface area contributed by atoms with Crippen LogP contribution in [0.1, 0.15) is 5.56 Å². The maximum atomic E-state index is 12.6. The molecule has 0 aliphatic carbocycles. The maximum Gasteiger partial charge on any atom is 0.261 e. The Hall–Kier alpha value is -2.61. The van der Waals surface area contributed by atoms with E-state index in [0.717, 1.165) is 32.1 Å². The monoisotopic (exact) mass is 444 g/mol. The number of thiazole rings is 1. The molecule has 0 fully saturated rings. The number of sulfonamides is 1. The first-order valence-electron chi connectivity index (χ1n) is 8.70. The third-order valence-corrected chi connectivity index (χ3v) is 7.09. The lowest BCUT2D eigenvalue weighted by atomic mass is 10.2. The molecule has 8 heteroatoms. The van der Waals surface area contributed by atoms with Gasteiger partial charge in [-0.1, -0.05) is 23.7 Å². The molecule has 0 aliphatic heterocycles. The van der Waals surface area contributed by atoms with Crippen molar-refractivity contribution in [2.45, 2.75) is 11.8 Å². The van der Waals surface area contributed by atoms with Crippen LogP contribution in [0.2, 0.25) is 5.02 Å². The lowest BCUT2D eigenvalue weighted by molar-refractivity contribution is 0.415. The predicted molar refractivity (Wildman–Crippen MR) is 119 cm³/mol. The quantitative estimate of drug-likeness (QED) is 0.426. The van der Waals surface area contributed by atoms with E-state index in [4.69, 9.17) is 16.3 Å². The molecule has 148 valence electrons. The van der Waals surface area contributed by atoms with Crippen molar-refractivity contribution in [3.8, 4) is 16.3 Å². The number of halogens is 1. The highest BCUT2D eigenvalue weighted by molar-refractivity contribution is 7.92. The summed E-state index contributed by atoms with van der Waals surface area (Å²) in [6.45, 7) is 1.85. The molecule has 5 nitrogen and oxygen atoms in total. The summed E-state index contributed by atoms with van der Waals surface area (Å²) in [4.78, 5) is 4.83. The van der Waals surface area contributed by atoms with E-state index in [1.54, 1.807) is 43.5 Å². The van der Waals surface area contributed by atoms with Gasteiger partial charge in [-0.3, -0.25) is 4.72 Å². The van der Waals surface area contributed by atoms with Gasteiger partial charge in [-0.15, -0.1) is 11.3 Å². The Morgan fingerprint density at radius 2 is 1.90 bits per heavy atom. The first-order chi connectivity index (χ1) is 13.9. The summed E-state index contributed by atoms with van der Waals surface area (Å²) in [5.74, 6) is 0.764. The molecule has 0 saturated carbocycles. The molecule has 0 atom stereocenters. The number of benzene rings is 3. The van der Waals surface area contributed by atoms with Gasteiger partial charge in [-0.25, -0.2) is 13.4 Å². The van der Waals surface area contributed by atoms with E-state index in [-0.39, 0.29) is 4.90 Å². The van der Waals surface area contributed by atoms with Gasteiger partial charge in [0.15, 0.2) is 0 Å². The molecule has 1 N–H and O–H groups in total. The Labute approximate surface area is 178 Å². The normalized spacial score (nSPS) is 11.6. The van der Waals surface area contributed by atoms with Crippen LogP contribution in [0.4, 0.5) is 5.69 Å². The van der Waals surface area contributed by atoms with Gasteiger partial charge in [0, 0.05) is 5.56 Å². The maximum absolute atomic E-state index is 12.6. The first kappa shape index (κ1) is 19.7. The average molecular weight is 445 g/mol. The lowest BCUT2D eigenvalue weighted by Gasteiger charge is -2.10. The highest BCUT2D eigenvalue weighted by Crippen LogP contribution is 2.37. The van der Waals surface area contributed by atoms with Crippen LogP contribution in [0.25, 0.3) is 20.8 Å². The number of nitrogens with zero attached hydrogens (tertiary/aromatic N) is 1. The first-order valence-corrected chi connectivity index (χ1v) is 11.4. The molecule has 0 unspecified atom stereocenters. The molecule has 1 heterocycles. The minimum Gasteiger partial charge on any atom is -0.497 e. The van der Waals surface area contributed by atoms with Crippen molar-refractivity contribution < 1.29 is 13.2 Å². The number of aryl methyl sites for hydroxylation is 1. The Bertz CT molecular complexity index is 1320. The van der Waals surface area contributed by atoms with Gasteiger partial charge in [0.25, 0.3) is 10.0 Å². The average Bonchev–Trinajstić information content (AvgIpc) is 3.10. The Morgan fingerprint density at radius 1 is 1.07 bits per heavy atom. The second-order valence-corrected chi connectivity index (χ2v) is 9.59. The van der Waals surface area contributed by atoms with Gasteiger partial charge < -0.3 is 4.74 Å². The van der Waals surface area contributed by atoms with Crippen LogP contribution in [-0.2, 0) is 10.0 Å². The fourth-order valence-corrected chi connectivity index (χ4v) is 5.41. The SMILES string of the molecule is COc1ccc2nc(-c3ccc(NS(=O)(=O)c4cccc(C)c4)cc3Cl)sc2c1. The molecule has 4 aromatic rings. The van der Waals surface area contributed by atoms with E-state index in [9.17, 15) is 8.42 Å². The third-order valence-electron chi connectivity index (χ3n) is 4.35. The van der Waals surface area contributed by atoms with Crippen LogP contribution in [0.15, 0.2) is 65.6 Å². The smallest absolute Gasteiger partial charge is 0.261 e. The highest BCUT2D eigenvalue weighted by atomic mass is 35.5. The molecule has 0 amide bonds. The number of hydrogen-bond donors (Lipinski definition) is 1. The molecule has 3 aromatic carbocycles. The van der Waals surface area contributed by atoms with Crippen molar-refractivity contribution in [2.24, 2.45) is 0 Å². The van der Waals surface area contributed by atoms with E-state index >= 15 is 0 Å². The number of rotatable bonds is 5. The van der Waals surface area contributed by atoms with Gasteiger partial charge in [-0.05, 0) is 61.0 Å². The molecule has 29 heavy (non-hydrogen) atoms. The second-order valence-electron chi connectivity index (χ2n) is 6.47. The molecule has 0 bridgehead atoms. The number of ether oxygens (including phenoxy) is 1. The van der Waals surface area contributed by atoms with Crippen molar-refractivity contribution in [1.29, 1.82) is 0 Å². The van der Waals surface area contributed by atoms with Gasteiger partial charge in [0.1, 0.15) is 10.8 Å². The molecule has 0 saturated heterocycles. The topological polar surface area (TPSA) is 68.3 Å². The van der Waals surface area contributed by atoms with E-state index < -0.39 is 10.0 Å². The lowest BCUT2D eigenvalue weighted by Crippen LogP contribution is -2.13. The van der Waals surface area contributed by atoms with Gasteiger partial charge in [0.05, 0.1) is 32.9 Å². The Kier molecular flexibility index (Phi) is 5.21. The van der Waals surface area contributed by atoms with Crippen molar-refractivity contribution in [1.82, 2.24) is 4.98 Å². The summed E-state index contributed by atoms with van der Waals surface area (Å²) in [7, 11) is -2.07. The van der Waals surface area contributed by atoms with Gasteiger partial charge in [0.2, 0.25) is 0 Å².